The van der Waals surface area contributed by atoms with Crippen molar-refractivity contribution in [2.45, 2.75) is 0 Å². The average Bonchev–Trinajstić information content (AvgIpc) is 3.14. The number of pyridine rings is 3. The molecular weight excluding hydrogens is 583 g/mol. The number of benzene rings is 7. The molecule has 3 heteroatoms. The van der Waals surface area contributed by atoms with Gasteiger partial charge in [-0.05, 0) is 71.3 Å². The molecule has 3 nitrogen and oxygen atoms in total. The van der Waals surface area contributed by atoms with E-state index in [-0.39, 0.29) is 0 Å². The molecule has 0 fully saturated rings. The molecule has 0 aliphatic rings. The van der Waals surface area contributed by atoms with E-state index in [9.17, 15) is 0 Å². The van der Waals surface area contributed by atoms with E-state index in [1.54, 1.807) is 0 Å². The minimum Gasteiger partial charge on any atom is -0.248 e. The van der Waals surface area contributed by atoms with Gasteiger partial charge in [0.2, 0.25) is 0 Å². The van der Waals surface area contributed by atoms with E-state index in [1.165, 1.54) is 16.7 Å². The van der Waals surface area contributed by atoms with Gasteiger partial charge in [0, 0.05) is 49.0 Å². The Hall–Kier alpha value is -6.45. The molecule has 10 rings (SSSR count). The van der Waals surface area contributed by atoms with Crippen molar-refractivity contribution in [1.82, 2.24) is 15.0 Å². The lowest BCUT2D eigenvalue weighted by atomic mass is 9.87. The Balaban J connectivity index is 1.41. The maximum atomic E-state index is 5.07. The fraction of sp³-hybridized carbons (Fsp3) is 0. The van der Waals surface area contributed by atoms with Gasteiger partial charge in [-0.15, -0.1) is 0 Å². The Bertz CT molecular complexity index is 2420. The second-order valence-electron chi connectivity index (χ2n) is 12.4. The van der Waals surface area contributed by atoms with Crippen LogP contribution in [0.3, 0.4) is 0 Å². The molecule has 0 spiro atoms. The number of hydrogen-bond acceptors (Lipinski definition) is 3. The summed E-state index contributed by atoms with van der Waals surface area (Å²) in [5.41, 5.74) is 12.9. The van der Waals surface area contributed by atoms with Gasteiger partial charge in [-0.1, -0.05) is 109 Å². The highest BCUT2D eigenvalue weighted by Crippen LogP contribution is 2.44. The Kier molecular flexibility index (Phi) is 5.87. The summed E-state index contributed by atoms with van der Waals surface area (Å²) < 4.78 is 0. The quantitative estimate of drug-likeness (QED) is 0.187. The smallest absolute Gasteiger partial charge is 0.0715 e. The maximum absolute atomic E-state index is 5.07. The molecule has 0 aliphatic carbocycles. The number of hydrogen-bond donors (Lipinski definition) is 0. The van der Waals surface area contributed by atoms with Crippen LogP contribution in [0.25, 0.3) is 98.8 Å². The maximum Gasteiger partial charge on any atom is 0.0715 e. The molecular formula is C45H27N3. The highest BCUT2D eigenvalue weighted by Gasteiger charge is 2.19. The zero-order valence-corrected chi connectivity index (χ0v) is 25.9. The lowest BCUT2D eigenvalue weighted by Crippen LogP contribution is -1.94. The molecule has 0 N–H and O–H groups in total. The summed E-state index contributed by atoms with van der Waals surface area (Å²) in [5, 5.41) is 6.80. The first-order valence-electron chi connectivity index (χ1n) is 16.3. The van der Waals surface area contributed by atoms with Crippen LogP contribution in [0.15, 0.2) is 164 Å². The van der Waals surface area contributed by atoms with Crippen molar-refractivity contribution in [3.63, 3.8) is 0 Å². The molecule has 3 heterocycles. The molecule has 0 radical (unpaired) electrons. The van der Waals surface area contributed by atoms with Crippen LogP contribution in [0.1, 0.15) is 0 Å². The fourth-order valence-corrected chi connectivity index (χ4v) is 7.51. The zero-order valence-electron chi connectivity index (χ0n) is 25.9. The van der Waals surface area contributed by atoms with E-state index in [0.717, 1.165) is 82.1 Å². The molecule has 0 aliphatic heterocycles. The van der Waals surface area contributed by atoms with E-state index < -0.39 is 0 Å². The molecule has 0 saturated carbocycles. The third-order valence-corrected chi connectivity index (χ3v) is 9.56. The normalized spacial score (nSPS) is 11.8. The summed E-state index contributed by atoms with van der Waals surface area (Å²) in [5.74, 6) is 0. The van der Waals surface area contributed by atoms with Crippen LogP contribution in [-0.4, -0.2) is 15.0 Å². The average molecular weight is 610 g/mol. The molecule has 0 amide bonds. The summed E-state index contributed by atoms with van der Waals surface area (Å²) in [6.07, 6.45) is 0. The SMILES string of the molecule is c1ccc2c(-c3cc(-c4c5ccccc5nc5ccccc45)cc(-c4c5ccccc5nc5ccccc45)c3)c3ccccc3nc2c1. The fourth-order valence-electron chi connectivity index (χ4n) is 7.51. The Morgan fingerprint density at radius 3 is 0.625 bits per heavy atom. The third-order valence-electron chi connectivity index (χ3n) is 9.56. The van der Waals surface area contributed by atoms with Gasteiger partial charge in [0.15, 0.2) is 0 Å². The van der Waals surface area contributed by atoms with Crippen molar-refractivity contribution >= 4 is 65.4 Å². The van der Waals surface area contributed by atoms with Crippen LogP contribution in [0.2, 0.25) is 0 Å². The number of fused-ring (bicyclic) bond motifs is 6. The predicted octanol–water partition coefficient (Wildman–Crippen LogP) is 11.8. The van der Waals surface area contributed by atoms with E-state index in [2.05, 4.69) is 164 Å². The summed E-state index contributed by atoms with van der Waals surface area (Å²) in [6.45, 7) is 0. The van der Waals surface area contributed by atoms with Gasteiger partial charge in [-0.25, -0.2) is 15.0 Å². The van der Waals surface area contributed by atoms with Gasteiger partial charge in [0.05, 0.1) is 33.1 Å². The Morgan fingerprint density at radius 2 is 0.417 bits per heavy atom. The van der Waals surface area contributed by atoms with Crippen LogP contribution in [0.4, 0.5) is 0 Å². The van der Waals surface area contributed by atoms with Crippen molar-refractivity contribution in [3.05, 3.63) is 164 Å². The standard InChI is InChI=1S/C45H27N3/c1-7-19-37-31(13-1)43(32-14-2-8-20-38(32)46-37)28-25-29(44-33-15-3-9-21-39(33)47-40-22-10-4-16-34(40)44)27-30(26-28)45-35-17-5-11-23-41(35)48-42-24-12-6-18-36(42)45/h1-27H. The van der Waals surface area contributed by atoms with Crippen LogP contribution in [0, 0.1) is 0 Å². The van der Waals surface area contributed by atoms with E-state index in [0.29, 0.717) is 0 Å². The Labute approximate surface area is 276 Å². The van der Waals surface area contributed by atoms with Gasteiger partial charge >= 0.3 is 0 Å². The predicted molar refractivity (Wildman–Crippen MR) is 201 cm³/mol. The lowest BCUT2D eigenvalue weighted by molar-refractivity contribution is 1.48. The second-order valence-corrected chi connectivity index (χ2v) is 12.4. The molecule has 0 unspecified atom stereocenters. The van der Waals surface area contributed by atoms with Gasteiger partial charge in [0.25, 0.3) is 0 Å². The number of nitrogens with zero attached hydrogens (tertiary/aromatic N) is 3. The highest BCUT2D eigenvalue weighted by molar-refractivity contribution is 6.15. The summed E-state index contributed by atoms with van der Waals surface area (Å²) in [4.78, 5) is 15.2. The monoisotopic (exact) mass is 609 g/mol. The van der Waals surface area contributed by atoms with E-state index in [4.69, 9.17) is 15.0 Å². The minimum atomic E-state index is 0.984. The largest absolute Gasteiger partial charge is 0.248 e. The molecule has 48 heavy (non-hydrogen) atoms. The van der Waals surface area contributed by atoms with Crippen molar-refractivity contribution in [2.24, 2.45) is 0 Å². The zero-order chi connectivity index (χ0) is 31.6. The van der Waals surface area contributed by atoms with Gasteiger partial charge < -0.3 is 0 Å². The summed E-state index contributed by atoms with van der Waals surface area (Å²) in [6, 6.07) is 58.1. The molecule has 0 saturated heterocycles. The molecule has 0 bridgehead atoms. The first-order chi connectivity index (χ1) is 23.8. The molecule has 222 valence electrons. The molecule has 10 aromatic rings. The van der Waals surface area contributed by atoms with E-state index in [1.807, 2.05) is 0 Å². The number of para-hydroxylation sites is 6. The second kappa shape index (κ2) is 10.5. The Morgan fingerprint density at radius 1 is 0.229 bits per heavy atom. The van der Waals surface area contributed by atoms with Crippen molar-refractivity contribution in [3.8, 4) is 33.4 Å². The first-order valence-corrected chi connectivity index (χ1v) is 16.3. The third kappa shape index (κ3) is 4.11. The topological polar surface area (TPSA) is 38.7 Å². The van der Waals surface area contributed by atoms with Gasteiger partial charge in [-0.2, -0.15) is 0 Å². The van der Waals surface area contributed by atoms with Gasteiger partial charge in [-0.3, -0.25) is 0 Å². The van der Waals surface area contributed by atoms with Crippen LogP contribution >= 0.6 is 0 Å². The molecule has 7 aromatic carbocycles. The summed E-state index contributed by atoms with van der Waals surface area (Å²) >= 11 is 0. The minimum absolute atomic E-state index is 0.984. The highest BCUT2D eigenvalue weighted by atomic mass is 14.7. The first kappa shape index (κ1) is 26.7. The van der Waals surface area contributed by atoms with Gasteiger partial charge in [0.1, 0.15) is 0 Å². The van der Waals surface area contributed by atoms with Crippen molar-refractivity contribution in [2.75, 3.05) is 0 Å². The van der Waals surface area contributed by atoms with Crippen LogP contribution in [0.5, 0.6) is 0 Å². The van der Waals surface area contributed by atoms with Crippen LogP contribution < -0.4 is 0 Å². The molecule has 3 aromatic heterocycles. The molecule has 0 atom stereocenters. The summed E-state index contributed by atoms with van der Waals surface area (Å²) in [7, 11) is 0. The lowest BCUT2D eigenvalue weighted by Gasteiger charge is -2.18. The van der Waals surface area contributed by atoms with Crippen molar-refractivity contribution < 1.29 is 0 Å². The van der Waals surface area contributed by atoms with E-state index >= 15 is 0 Å². The number of aromatic nitrogens is 3. The number of rotatable bonds is 3. The van der Waals surface area contributed by atoms with Crippen LogP contribution in [-0.2, 0) is 0 Å². The van der Waals surface area contributed by atoms with Crippen molar-refractivity contribution in [1.29, 1.82) is 0 Å².